The molecule has 0 fully saturated rings. The molecule has 2 aromatic rings. The summed E-state index contributed by atoms with van der Waals surface area (Å²) >= 11 is 0. The zero-order chi connectivity index (χ0) is 23.4. The van der Waals surface area contributed by atoms with Crippen LogP contribution in [-0.4, -0.2) is 70.6 Å². The summed E-state index contributed by atoms with van der Waals surface area (Å²) < 4.78 is 6.17. The summed E-state index contributed by atoms with van der Waals surface area (Å²) in [7, 11) is 1.71. The lowest BCUT2D eigenvalue weighted by atomic mass is 9.99. The number of likely N-dealkylation sites (N-methyl/N-ethyl adjacent to an activating group) is 1. The topological polar surface area (TPSA) is 107 Å². The monoisotopic (exact) mass is 436 g/mol. The third kappa shape index (κ3) is 4.89. The van der Waals surface area contributed by atoms with Gasteiger partial charge in [-0.05, 0) is 30.7 Å². The van der Waals surface area contributed by atoms with Crippen LogP contribution < -0.4 is 4.74 Å². The molecule has 0 radical (unpaired) electrons. The number of rotatable bonds is 5. The number of nitriles is 1. The smallest absolute Gasteiger partial charge is 0.259 e. The molecule has 0 saturated heterocycles. The van der Waals surface area contributed by atoms with Crippen LogP contribution >= 0.6 is 0 Å². The van der Waals surface area contributed by atoms with Crippen molar-refractivity contribution in [3.05, 3.63) is 47.7 Å². The predicted molar refractivity (Wildman–Crippen MR) is 119 cm³/mol. The Labute approximate surface area is 188 Å². The van der Waals surface area contributed by atoms with Crippen LogP contribution in [0.3, 0.4) is 0 Å². The first-order valence-corrected chi connectivity index (χ1v) is 10.6. The maximum absolute atomic E-state index is 13.4. The van der Waals surface area contributed by atoms with Crippen LogP contribution in [0.25, 0.3) is 11.1 Å². The average Bonchev–Trinajstić information content (AvgIpc) is 2.80. The van der Waals surface area contributed by atoms with Gasteiger partial charge < -0.3 is 19.6 Å². The summed E-state index contributed by atoms with van der Waals surface area (Å²) in [6.07, 6.45) is 1.25. The molecule has 8 nitrogen and oxygen atoms in total. The maximum Gasteiger partial charge on any atom is 0.259 e. The van der Waals surface area contributed by atoms with E-state index in [1.807, 2.05) is 6.92 Å². The number of hydrogen-bond donors (Lipinski definition) is 1. The van der Waals surface area contributed by atoms with Crippen molar-refractivity contribution in [1.29, 1.82) is 5.26 Å². The molecule has 3 atom stereocenters. The number of hydrogen-bond acceptors (Lipinski definition) is 6. The van der Waals surface area contributed by atoms with Gasteiger partial charge in [0, 0.05) is 38.2 Å². The van der Waals surface area contributed by atoms with Crippen molar-refractivity contribution in [2.24, 2.45) is 5.92 Å². The number of pyridine rings is 1. The Morgan fingerprint density at radius 3 is 2.66 bits per heavy atom. The molecular weight excluding hydrogens is 408 g/mol. The predicted octanol–water partition coefficient (Wildman–Crippen LogP) is 2.32. The number of benzene rings is 1. The van der Waals surface area contributed by atoms with Crippen LogP contribution in [0.2, 0.25) is 0 Å². The van der Waals surface area contributed by atoms with E-state index in [9.17, 15) is 14.7 Å². The first-order chi connectivity index (χ1) is 15.2. The van der Waals surface area contributed by atoms with E-state index >= 15 is 0 Å². The number of fused-ring (bicyclic) bond motifs is 1. The second-order valence-corrected chi connectivity index (χ2v) is 8.29. The van der Waals surface area contributed by atoms with Gasteiger partial charge in [0.2, 0.25) is 11.8 Å². The highest BCUT2D eigenvalue weighted by atomic mass is 16.5. The molecular formula is C24H28N4O4. The largest absolute Gasteiger partial charge is 0.472 e. The van der Waals surface area contributed by atoms with Crippen LogP contribution in [0.1, 0.15) is 36.7 Å². The maximum atomic E-state index is 13.4. The molecule has 0 bridgehead atoms. The van der Waals surface area contributed by atoms with Gasteiger partial charge in [0.15, 0.2) is 0 Å². The molecule has 1 aromatic heterocycles. The Hall–Kier alpha value is -3.44. The Morgan fingerprint density at radius 1 is 1.38 bits per heavy atom. The molecule has 0 saturated carbocycles. The van der Waals surface area contributed by atoms with Crippen molar-refractivity contribution in [1.82, 2.24) is 14.8 Å². The van der Waals surface area contributed by atoms with E-state index < -0.39 is 0 Å². The highest BCUT2D eigenvalue weighted by molar-refractivity contribution is 5.98. The van der Waals surface area contributed by atoms with E-state index in [1.165, 1.54) is 6.92 Å². The number of carbonyl (C=O) groups excluding carboxylic acids is 2. The van der Waals surface area contributed by atoms with E-state index in [-0.39, 0.29) is 42.4 Å². The molecule has 3 rings (SSSR count). The molecule has 1 N–H and O–H groups in total. The molecule has 2 heterocycles. The van der Waals surface area contributed by atoms with Crippen LogP contribution in [0, 0.1) is 17.2 Å². The summed E-state index contributed by atoms with van der Waals surface area (Å²) in [5, 5.41) is 18.8. The summed E-state index contributed by atoms with van der Waals surface area (Å²) in [5.41, 5.74) is 2.38. The Balaban J connectivity index is 2.05. The van der Waals surface area contributed by atoms with Gasteiger partial charge >= 0.3 is 0 Å². The second kappa shape index (κ2) is 9.79. The van der Waals surface area contributed by atoms with Gasteiger partial charge in [-0.1, -0.05) is 19.1 Å². The van der Waals surface area contributed by atoms with Gasteiger partial charge in [-0.3, -0.25) is 9.59 Å². The Kier molecular flexibility index (Phi) is 7.11. The zero-order valence-electron chi connectivity index (χ0n) is 18.8. The summed E-state index contributed by atoms with van der Waals surface area (Å²) in [6, 6.07) is 10.4. The van der Waals surface area contributed by atoms with E-state index in [0.717, 1.165) is 5.56 Å². The first-order valence-electron chi connectivity index (χ1n) is 10.6. The number of aliphatic hydroxyl groups excluding tert-OH is 1. The first kappa shape index (κ1) is 23.2. The third-order valence-electron chi connectivity index (χ3n) is 5.86. The minimum Gasteiger partial charge on any atom is -0.472 e. The lowest BCUT2D eigenvalue weighted by molar-refractivity contribution is -0.129. The summed E-state index contributed by atoms with van der Waals surface area (Å²) in [6.45, 7) is 5.80. The van der Waals surface area contributed by atoms with Crippen molar-refractivity contribution < 1.29 is 19.4 Å². The molecule has 8 heteroatoms. The molecule has 0 spiro atoms. The van der Waals surface area contributed by atoms with E-state index in [2.05, 4.69) is 11.1 Å². The average molecular weight is 437 g/mol. The lowest BCUT2D eigenvalue weighted by Crippen LogP contribution is -2.50. The molecule has 1 aliphatic heterocycles. The van der Waals surface area contributed by atoms with E-state index in [1.54, 1.807) is 60.3 Å². The van der Waals surface area contributed by atoms with E-state index in [4.69, 9.17) is 10.00 Å². The minimum absolute atomic E-state index is 0.0798. The van der Waals surface area contributed by atoms with Gasteiger partial charge in [0.25, 0.3) is 5.91 Å². The number of nitrogens with zero attached hydrogens (tertiary/aromatic N) is 4. The molecule has 168 valence electrons. The number of carbonyl (C=O) groups is 2. The molecule has 32 heavy (non-hydrogen) atoms. The minimum atomic E-state index is -0.388. The number of ether oxygens (including phenoxy) is 1. The SMILES string of the molecule is CC(=O)N(C)C[C@@H]1Oc2ncc(-c3ccc(C#N)cc3)cc2C(=O)N([C@H](C)CO)C[C@H]1C. The van der Waals surface area contributed by atoms with Crippen molar-refractivity contribution in [2.75, 3.05) is 26.7 Å². The van der Waals surface area contributed by atoms with Crippen LogP contribution in [0.4, 0.5) is 0 Å². The molecule has 2 amide bonds. The van der Waals surface area contributed by atoms with Gasteiger partial charge in [-0.15, -0.1) is 0 Å². The molecule has 1 aromatic carbocycles. The number of aromatic nitrogens is 1. The quantitative estimate of drug-likeness (QED) is 0.771. The normalized spacial score (nSPS) is 19.1. The Morgan fingerprint density at radius 2 is 2.06 bits per heavy atom. The fourth-order valence-electron chi connectivity index (χ4n) is 3.61. The van der Waals surface area contributed by atoms with E-state index in [0.29, 0.717) is 29.8 Å². The lowest BCUT2D eigenvalue weighted by Gasteiger charge is -2.37. The highest BCUT2D eigenvalue weighted by Crippen LogP contribution is 2.30. The van der Waals surface area contributed by atoms with Crippen molar-refractivity contribution in [3.8, 4) is 23.1 Å². The summed E-state index contributed by atoms with van der Waals surface area (Å²) in [5.74, 6) is -0.238. The van der Waals surface area contributed by atoms with Crippen molar-refractivity contribution in [2.45, 2.75) is 32.9 Å². The van der Waals surface area contributed by atoms with Crippen LogP contribution in [-0.2, 0) is 4.79 Å². The fourth-order valence-corrected chi connectivity index (χ4v) is 3.61. The van der Waals surface area contributed by atoms with Crippen molar-refractivity contribution >= 4 is 11.8 Å². The third-order valence-corrected chi connectivity index (χ3v) is 5.86. The fraction of sp³-hybridized carbons (Fsp3) is 0.417. The molecule has 0 aliphatic carbocycles. The van der Waals surface area contributed by atoms with Gasteiger partial charge in [0.1, 0.15) is 11.7 Å². The Bertz CT molecular complexity index is 1030. The summed E-state index contributed by atoms with van der Waals surface area (Å²) in [4.78, 5) is 32.9. The number of aliphatic hydroxyl groups is 1. The highest BCUT2D eigenvalue weighted by Gasteiger charge is 2.34. The van der Waals surface area contributed by atoms with Crippen LogP contribution in [0.5, 0.6) is 5.88 Å². The van der Waals surface area contributed by atoms with Crippen molar-refractivity contribution in [3.63, 3.8) is 0 Å². The standard InChI is InChI=1S/C24H28N4O4/c1-15-12-28(16(2)14-29)24(31)21-9-20(19-7-5-18(10-25)6-8-19)11-26-23(21)32-22(15)13-27(4)17(3)30/h5-9,11,15-16,22,29H,12-14H2,1-4H3/t15-,16-,22+/m1/s1. The van der Waals surface area contributed by atoms with Gasteiger partial charge in [-0.25, -0.2) is 4.98 Å². The number of amides is 2. The zero-order valence-corrected chi connectivity index (χ0v) is 18.8. The van der Waals surface area contributed by atoms with Crippen LogP contribution in [0.15, 0.2) is 36.5 Å². The van der Waals surface area contributed by atoms with Gasteiger partial charge in [0.05, 0.1) is 30.8 Å². The molecule has 0 unspecified atom stereocenters. The van der Waals surface area contributed by atoms with Gasteiger partial charge in [-0.2, -0.15) is 5.26 Å². The second-order valence-electron chi connectivity index (χ2n) is 8.29. The molecule has 1 aliphatic rings.